The van der Waals surface area contributed by atoms with E-state index in [0.717, 1.165) is 16.6 Å². The van der Waals surface area contributed by atoms with Crippen molar-refractivity contribution in [2.24, 2.45) is 5.92 Å². The fraction of sp³-hybridized carbons (Fsp3) is 0.615. The highest BCUT2D eigenvalue weighted by Crippen LogP contribution is 2.40. The van der Waals surface area contributed by atoms with Crippen molar-refractivity contribution in [3.05, 3.63) is 23.4 Å². The summed E-state index contributed by atoms with van der Waals surface area (Å²) >= 11 is 7.98. The van der Waals surface area contributed by atoms with Gasteiger partial charge in [0.15, 0.2) is 0 Å². The Balaban J connectivity index is 1.99. The van der Waals surface area contributed by atoms with Crippen LogP contribution >= 0.6 is 23.4 Å². The molecule has 0 aliphatic heterocycles. The van der Waals surface area contributed by atoms with Crippen molar-refractivity contribution in [3.63, 3.8) is 0 Å². The van der Waals surface area contributed by atoms with Gasteiger partial charge in [-0.25, -0.2) is 4.98 Å². The first kappa shape index (κ1) is 13.2. The number of nitrogens with zero attached hydrogens (tertiary/aromatic N) is 1. The number of aromatic nitrogens is 1. The molecule has 17 heavy (non-hydrogen) atoms. The first-order valence-corrected chi connectivity index (χ1v) is 7.48. The summed E-state index contributed by atoms with van der Waals surface area (Å²) in [6.45, 7) is 5.55. The lowest BCUT2D eigenvalue weighted by Gasteiger charge is -2.20. The lowest BCUT2D eigenvalue weighted by Crippen LogP contribution is -2.33. The van der Waals surface area contributed by atoms with Crippen LogP contribution in [-0.4, -0.2) is 22.8 Å². The van der Waals surface area contributed by atoms with Gasteiger partial charge in [-0.2, -0.15) is 0 Å². The number of hydrogen-bond acceptors (Lipinski definition) is 3. The summed E-state index contributed by atoms with van der Waals surface area (Å²) in [5.41, 5.74) is 0. The fourth-order valence-corrected chi connectivity index (χ4v) is 3.95. The molecule has 0 bridgehead atoms. The minimum atomic E-state index is 0.631. The normalized spacial score (nSPS) is 28.5. The highest BCUT2D eigenvalue weighted by Gasteiger charge is 2.33. The van der Waals surface area contributed by atoms with Gasteiger partial charge < -0.3 is 5.32 Å². The van der Waals surface area contributed by atoms with E-state index in [2.05, 4.69) is 24.1 Å². The van der Waals surface area contributed by atoms with E-state index in [-0.39, 0.29) is 0 Å². The summed E-state index contributed by atoms with van der Waals surface area (Å²) in [6, 6.07) is 4.45. The van der Waals surface area contributed by atoms with E-state index in [1.165, 1.54) is 12.8 Å². The Hall–Kier alpha value is -0.250. The van der Waals surface area contributed by atoms with Crippen molar-refractivity contribution in [2.45, 2.75) is 43.0 Å². The molecular weight excluding hydrogens is 252 g/mol. The highest BCUT2D eigenvalue weighted by atomic mass is 35.5. The lowest BCUT2D eigenvalue weighted by atomic mass is 10.1. The van der Waals surface area contributed by atoms with Crippen LogP contribution in [0.5, 0.6) is 0 Å². The molecule has 0 radical (unpaired) electrons. The summed E-state index contributed by atoms with van der Waals surface area (Å²) in [5, 5.41) is 5.94. The van der Waals surface area contributed by atoms with Gasteiger partial charge in [-0.3, -0.25) is 0 Å². The van der Waals surface area contributed by atoms with Crippen LogP contribution in [0, 0.1) is 5.92 Å². The predicted octanol–water partition coefficient (Wildman–Crippen LogP) is 3.60. The smallest absolute Gasteiger partial charge is 0.115 e. The molecular formula is C13H19ClN2S. The molecule has 94 valence electrons. The van der Waals surface area contributed by atoms with Gasteiger partial charge in [0.25, 0.3) is 0 Å². The molecule has 4 heteroatoms. The van der Waals surface area contributed by atoms with Crippen LogP contribution in [0.4, 0.5) is 0 Å². The number of nitrogens with one attached hydrogen (secondary N) is 1. The van der Waals surface area contributed by atoms with Crippen molar-refractivity contribution in [3.8, 4) is 0 Å². The summed E-state index contributed by atoms with van der Waals surface area (Å²) in [6.07, 6.45) is 4.32. The fourth-order valence-electron chi connectivity index (χ4n) is 2.45. The summed E-state index contributed by atoms with van der Waals surface area (Å²) in [4.78, 5) is 4.36. The molecule has 1 aliphatic rings. The molecule has 0 aromatic carbocycles. The molecule has 1 saturated carbocycles. The Morgan fingerprint density at radius 3 is 3.06 bits per heavy atom. The van der Waals surface area contributed by atoms with E-state index in [1.807, 2.05) is 30.1 Å². The molecule has 0 saturated heterocycles. The Bertz CT molecular complexity index is 372. The van der Waals surface area contributed by atoms with Gasteiger partial charge in [0, 0.05) is 17.5 Å². The van der Waals surface area contributed by atoms with Crippen LogP contribution in [0.2, 0.25) is 5.02 Å². The van der Waals surface area contributed by atoms with E-state index >= 15 is 0 Å². The van der Waals surface area contributed by atoms with E-state index < -0.39 is 0 Å². The molecule has 1 aliphatic carbocycles. The second kappa shape index (κ2) is 6.07. The van der Waals surface area contributed by atoms with Crippen LogP contribution in [0.1, 0.15) is 26.7 Å². The van der Waals surface area contributed by atoms with Gasteiger partial charge in [0.1, 0.15) is 5.03 Å². The molecule has 1 heterocycles. The lowest BCUT2D eigenvalue weighted by molar-refractivity contribution is 0.441. The average Bonchev–Trinajstić information content (AvgIpc) is 2.65. The van der Waals surface area contributed by atoms with E-state index in [1.54, 1.807) is 0 Å². The average molecular weight is 271 g/mol. The monoisotopic (exact) mass is 270 g/mol. The van der Waals surface area contributed by atoms with Gasteiger partial charge in [-0.15, -0.1) is 11.8 Å². The van der Waals surface area contributed by atoms with Crippen LogP contribution < -0.4 is 5.32 Å². The first-order chi connectivity index (χ1) is 8.22. The van der Waals surface area contributed by atoms with Crippen LogP contribution in [0.15, 0.2) is 23.4 Å². The Kier molecular flexibility index (Phi) is 4.71. The van der Waals surface area contributed by atoms with E-state index in [0.29, 0.717) is 17.2 Å². The zero-order chi connectivity index (χ0) is 12.3. The molecule has 0 spiro atoms. The summed E-state index contributed by atoms with van der Waals surface area (Å²) in [5.74, 6) is 0.679. The molecule has 1 fully saturated rings. The van der Waals surface area contributed by atoms with Gasteiger partial charge in [0.05, 0.1) is 5.02 Å². The maximum Gasteiger partial charge on any atom is 0.115 e. The molecule has 1 aromatic heterocycles. The van der Waals surface area contributed by atoms with Gasteiger partial charge in [0.2, 0.25) is 0 Å². The van der Waals surface area contributed by atoms with Crippen molar-refractivity contribution < 1.29 is 0 Å². The molecule has 3 atom stereocenters. The Labute approximate surface area is 113 Å². The second-order valence-electron chi connectivity index (χ2n) is 4.55. The standard InChI is InChI=1S/C13H19ClN2S/c1-3-15-11-6-7-12(9(11)2)17-13-10(14)5-4-8-16-13/h4-5,8-9,11-12,15H,3,6-7H2,1-2H3. The second-order valence-corrected chi connectivity index (χ2v) is 6.18. The molecule has 0 amide bonds. The van der Waals surface area contributed by atoms with Crippen LogP contribution in [-0.2, 0) is 0 Å². The molecule has 2 nitrogen and oxygen atoms in total. The number of hydrogen-bond donors (Lipinski definition) is 1. The number of halogens is 1. The van der Waals surface area contributed by atoms with Crippen LogP contribution in [0.25, 0.3) is 0 Å². The van der Waals surface area contributed by atoms with Crippen LogP contribution in [0.3, 0.4) is 0 Å². The topological polar surface area (TPSA) is 24.9 Å². The van der Waals surface area contributed by atoms with E-state index in [9.17, 15) is 0 Å². The van der Waals surface area contributed by atoms with Crippen molar-refractivity contribution in [1.82, 2.24) is 10.3 Å². The maximum atomic E-state index is 6.15. The third kappa shape index (κ3) is 3.15. The highest BCUT2D eigenvalue weighted by molar-refractivity contribution is 8.00. The Morgan fingerprint density at radius 1 is 1.53 bits per heavy atom. The predicted molar refractivity (Wildman–Crippen MR) is 74.8 cm³/mol. The van der Waals surface area contributed by atoms with Gasteiger partial charge in [-0.05, 0) is 37.4 Å². The van der Waals surface area contributed by atoms with Crippen molar-refractivity contribution in [1.29, 1.82) is 0 Å². The SMILES string of the molecule is CCNC1CCC(Sc2ncccc2Cl)C1C. The minimum absolute atomic E-state index is 0.631. The molecule has 3 unspecified atom stereocenters. The van der Waals surface area contributed by atoms with Gasteiger partial charge in [-0.1, -0.05) is 25.4 Å². The van der Waals surface area contributed by atoms with Gasteiger partial charge >= 0.3 is 0 Å². The van der Waals surface area contributed by atoms with Crippen molar-refractivity contribution >= 4 is 23.4 Å². The largest absolute Gasteiger partial charge is 0.314 e. The zero-order valence-electron chi connectivity index (χ0n) is 10.3. The summed E-state index contributed by atoms with van der Waals surface area (Å²) < 4.78 is 0. The molecule has 1 aromatic rings. The third-order valence-corrected chi connectivity index (χ3v) is 5.37. The maximum absolute atomic E-state index is 6.15. The zero-order valence-corrected chi connectivity index (χ0v) is 11.9. The number of rotatable bonds is 4. The first-order valence-electron chi connectivity index (χ1n) is 6.23. The third-order valence-electron chi connectivity index (χ3n) is 3.44. The van der Waals surface area contributed by atoms with E-state index in [4.69, 9.17) is 11.6 Å². The minimum Gasteiger partial charge on any atom is -0.314 e. The molecule has 1 N–H and O–H groups in total. The number of pyridine rings is 1. The quantitative estimate of drug-likeness (QED) is 0.905. The van der Waals surface area contributed by atoms with Crippen molar-refractivity contribution in [2.75, 3.05) is 6.54 Å². The Morgan fingerprint density at radius 2 is 2.35 bits per heavy atom. The number of thioether (sulfide) groups is 1. The summed E-state index contributed by atoms with van der Waals surface area (Å²) in [7, 11) is 0. The molecule has 2 rings (SSSR count).